The quantitative estimate of drug-likeness (QED) is 0.780. The van der Waals surface area contributed by atoms with Crippen LogP contribution in [0.1, 0.15) is 12.0 Å². The summed E-state index contributed by atoms with van der Waals surface area (Å²) in [6, 6.07) is 5.10. The minimum absolute atomic E-state index is 0.0529. The molecule has 6 nitrogen and oxygen atoms in total. The lowest BCUT2D eigenvalue weighted by Crippen LogP contribution is -2.38. The van der Waals surface area contributed by atoms with Crippen molar-refractivity contribution in [2.24, 2.45) is 0 Å². The van der Waals surface area contributed by atoms with Crippen LogP contribution in [0.15, 0.2) is 24.3 Å². The van der Waals surface area contributed by atoms with Gasteiger partial charge < -0.3 is 10.1 Å². The maximum atomic E-state index is 13.0. The molecule has 1 amide bonds. The molecule has 1 N–H and O–H groups in total. The number of hydrogen-bond donors (Lipinski definition) is 1. The molecule has 120 valence electrons. The minimum Gasteiger partial charge on any atom is -0.455 e. The van der Waals surface area contributed by atoms with Gasteiger partial charge in [-0.25, -0.2) is 12.8 Å². The van der Waals surface area contributed by atoms with Gasteiger partial charge in [-0.05, 0) is 24.1 Å². The molecule has 1 saturated heterocycles. The van der Waals surface area contributed by atoms with E-state index in [1.807, 2.05) is 0 Å². The summed E-state index contributed by atoms with van der Waals surface area (Å²) in [5, 5.41) is 2.51. The average molecular weight is 329 g/mol. The standard InChI is InChI=1S/C14H16FNO5S/c15-11-3-1-2-10(6-11)7-14(18)21-8-13(17)16-12-4-5-22(19,20)9-12/h1-3,6,12H,4-5,7-9H2,(H,16,17)/t12-/m0/s1. The molecule has 0 bridgehead atoms. The first-order valence-corrected chi connectivity index (χ1v) is 8.56. The first-order chi connectivity index (χ1) is 10.3. The number of nitrogens with one attached hydrogen (secondary N) is 1. The van der Waals surface area contributed by atoms with Crippen molar-refractivity contribution in [3.05, 3.63) is 35.6 Å². The molecule has 1 aliphatic rings. The highest BCUT2D eigenvalue weighted by Crippen LogP contribution is 2.11. The predicted octanol–water partition coefficient (Wildman–Crippen LogP) is 0.215. The van der Waals surface area contributed by atoms with Crippen molar-refractivity contribution in [3.63, 3.8) is 0 Å². The average Bonchev–Trinajstić information content (AvgIpc) is 2.75. The molecule has 1 heterocycles. The molecule has 1 fully saturated rings. The Bertz CT molecular complexity index is 674. The maximum Gasteiger partial charge on any atom is 0.310 e. The van der Waals surface area contributed by atoms with Crippen LogP contribution in [0, 0.1) is 5.82 Å². The summed E-state index contributed by atoms with van der Waals surface area (Å²) in [4.78, 5) is 23.1. The largest absolute Gasteiger partial charge is 0.455 e. The Morgan fingerprint density at radius 3 is 2.77 bits per heavy atom. The number of esters is 1. The second-order valence-corrected chi connectivity index (χ2v) is 7.36. The van der Waals surface area contributed by atoms with E-state index in [0.717, 1.165) is 0 Å². The molecule has 1 aliphatic heterocycles. The molecule has 0 spiro atoms. The number of amides is 1. The van der Waals surface area contributed by atoms with E-state index in [0.29, 0.717) is 12.0 Å². The topological polar surface area (TPSA) is 89.5 Å². The molecule has 1 aromatic rings. The van der Waals surface area contributed by atoms with Crippen molar-refractivity contribution in [3.8, 4) is 0 Å². The Morgan fingerprint density at radius 2 is 2.14 bits per heavy atom. The minimum atomic E-state index is -3.08. The van der Waals surface area contributed by atoms with Crippen molar-refractivity contribution in [2.45, 2.75) is 18.9 Å². The van der Waals surface area contributed by atoms with Gasteiger partial charge in [0, 0.05) is 6.04 Å². The second-order valence-electron chi connectivity index (χ2n) is 5.13. The molecule has 8 heteroatoms. The van der Waals surface area contributed by atoms with Gasteiger partial charge in [0.05, 0.1) is 17.9 Å². The van der Waals surface area contributed by atoms with Gasteiger partial charge in [-0.15, -0.1) is 0 Å². The number of sulfone groups is 1. The van der Waals surface area contributed by atoms with Crippen LogP contribution in [-0.2, 0) is 30.6 Å². The fourth-order valence-electron chi connectivity index (χ4n) is 2.19. The zero-order valence-electron chi connectivity index (χ0n) is 11.7. The van der Waals surface area contributed by atoms with Crippen molar-refractivity contribution in [1.82, 2.24) is 5.32 Å². The van der Waals surface area contributed by atoms with Crippen molar-refractivity contribution >= 4 is 21.7 Å². The van der Waals surface area contributed by atoms with E-state index in [1.165, 1.54) is 18.2 Å². The van der Waals surface area contributed by atoms with E-state index in [2.05, 4.69) is 5.32 Å². The van der Waals surface area contributed by atoms with E-state index in [1.54, 1.807) is 6.07 Å². The summed E-state index contributed by atoms with van der Waals surface area (Å²) in [6.45, 7) is -0.481. The Hall–Kier alpha value is -1.96. The first-order valence-electron chi connectivity index (χ1n) is 6.74. The smallest absolute Gasteiger partial charge is 0.310 e. The molecule has 22 heavy (non-hydrogen) atoms. The van der Waals surface area contributed by atoms with Gasteiger partial charge in [0.15, 0.2) is 16.4 Å². The summed E-state index contributed by atoms with van der Waals surface area (Å²) >= 11 is 0. The van der Waals surface area contributed by atoms with Gasteiger partial charge in [-0.3, -0.25) is 9.59 Å². The monoisotopic (exact) mass is 329 g/mol. The lowest BCUT2D eigenvalue weighted by atomic mass is 10.1. The molecular weight excluding hydrogens is 313 g/mol. The van der Waals surface area contributed by atoms with E-state index in [-0.39, 0.29) is 17.9 Å². The number of carbonyl (C=O) groups excluding carboxylic acids is 2. The Labute approximate surface area is 127 Å². The number of hydrogen-bond acceptors (Lipinski definition) is 5. The Kier molecular flexibility index (Phi) is 5.12. The summed E-state index contributed by atoms with van der Waals surface area (Å²) in [5.41, 5.74) is 0.451. The van der Waals surface area contributed by atoms with Gasteiger partial charge in [-0.1, -0.05) is 12.1 Å². The molecule has 0 saturated carbocycles. The molecule has 0 unspecified atom stereocenters. The summed E-state index contributed by atoms with van der Waals surface area (Å²) in [7, 11) is -3.08. The molecule has 2 rings (SSSR count). The van der Waals surface area contributed by atoms with Crippen LogP contribution in [-0.4, -0.2) is 44.4 Å². The summed E-state index contributed by atoms with van der Waals surface area (Å²) in [5.74, 6) is -1.69. The van der Waals surface area contributed by atoms with Crippen LogP contribution in [0.2, 0.25) is 0 Å². The van der Waals surface area contributed by atoms with E-state index in [9.17, 15) is 22.4 Å². The summed E-state index contributed by atoms with van der Waals surface area (Å²) in [6.07, 6.45) is 0.230. The van der Waals surface area contributed by atoms with Crippen molar-refractivity contribution < 1.29 is 27.1 Å². The third-order valence-electron chi connectivity index (χ3n) is 3.20. The number of carbonyl (C=O) groups is 2. The molecule has 0 aromatic heterocycles. The van der Waals surface area contributed by atoms with Gasteiger partial charge in [0.2, 0.25) is 0 Å². The van der Waals surface area contributed by atoms with E-state index < -0.39 is 40.2 Å². The van der Waals surface area contributed by atoms with Crippen LogP contribution >= 0.6 is 0 Å². The van der Waals surface area contributed by atoms with Crippen LogP contribution in [0.4, 0.5) is 4.39 Å². The second kappa shape index (κ2) is 6.87. The van der Waals surface area contributed by atoms with Crippen molar-refractivity contribution in [2.75, 3.05) is 18.1 Å². The van der Waals surface area contributed by atoms with Crippen LogP contribution in [0.5, 0.6) is 0 Å². The van der Waals surface area contributed by atoms with Gasteiger partial charge >= 0.3 is 5.97 Å². The predicted molar refractivity (Wildman–Crippen MR) is 76.3 cm³/mol. The third-order valence-corrected chi connectivity index (χ3v) is 4.97. The van der Waals surface area contributed by atoms with Gasteiger partial charge in [0.25, 0.3) is 5.91 Å². The number of benzene rings is 1. The zero-order chi connectivity index (χ0) is 16.2. The Morgan fingerprint density at radius 1 is 1.36 bits per heavy atom. The lowest BCUT2D eigenvalue weighted by molar-refractivity contribution is -0.148. The lowest BCUT2D eigenvalue weighted by Gasteiger charge is -2.11. The SMILES string of the molecule is O=C(COC(=O)Cc1cccc(F)c1)N[C@H]1CCS(=O)(=O)C1. The molecule has 1 atom stereocenters. The normalized spacial score (nSPS) is 19.6. The third kappa shape index (κ3) is 5.10. The highest BCUT2D eigenvalue weighted by atomic mass is 32.2. The molecule has 0 radical (unpaired) electrons. The van der Waals surface area contributed by atoms with Crippen LogP contribution < -0.4 is 5.32 Å². The van der Waals surface area contributed by atoms with E-state index in [4.69, 9.17) is 4.74 Å². The van der Waals surface area contributed by atoms with E-state index >= 15 is 0 Å². The van der Waals surface area contributed by atoms with Crippen LogP contribution in [0.3, 0.4) is 0 Å². The number of rotatable bonds is 5. The maximum absolute atomic E-state index is 13.0. The first kappa shape index (κ1) is 16.4. The summed E-state index contributed by atoms with van der Waals surface area (Å²) < 4.78 is 40.2. The van der Waals surface area contributed by atoms with Gasteiger partial charge in [-0.2, -0.15) is 0 Å². The number of halogens is 1. The zero-order valence-corrected chi connectivity index (χ0v) is 12.6. The molecule has 1 aromatic carbocycles. The molecular formula is C14H16FNO5S. The van der Waals surface area contributed by atoms with Crippen molar-refractivity contribution in [1.29, 1.82) is 0 Å². The molecule has 0 aliphatic carbocycles. The van der Waals surface area contributed by atoms with Crippen LogP contribution in [0.25, 0.3) is 0 Å². The number of ether oxygens (including phenoxy) is 1. The van der Waals surface area contributed by atoms with Gasteiger partial charge in [0.1, 0.15) is 5.82 Å². The highest BCUT2D eigenvalue weighted by Gasteiger charge is 2.28. The Balaban J connectivity index is 1.73. The fraction of sp³-hybridized carbons (Fsp3) is 0.429. The highest BCUT2D eigenvalue weighted by molar-refractivity contribution is 7.91. The fourth-order valence-corrected chi connectivity index (χ4v) is 3.86.